The highest BCUT2D eigenvalue weighted by atomic mass is 79.9. The van der Waals surface area contributed by atoms with E-state index in [0.29, 0.717) is 40.4 Å². The van der Waals surface area contributed by atoms with E-state index in [1.54, 1.807) is 42.5 Å². The van der Waals surface area contributed by atoms with Crippen molar-refractivity contribution >= 4 is 45.5 Å². The summed E-state index contributed by atoms with van der Waals surface area (Å²) in [7, 11) is 0. The Labute approximate surface area is 217 Å². The maximum absolute atomic E-state index is 13.1. The third-order valence-electron chi connectivity index (χ3n) is 5.74. The molecule has 4 amide bonds. The predicted molar refractivity (Wildman–Crippen MR) is 141 cm³/mol. The van der Waals surface area contributed by atoms with Gasteiger partial charge in [0.05, 0.1) is 16.8 Å². The lowest BCUT2D eigenvalue weighted by Gasteiger charge is -2.26. The topological polar surface area (TPSA) is 84.9 Å². The van der Waals surface area contributed by atoms with Crippen LogP contribution in [0, 0.1) is 13.8 Å². The molecular formula is C28H25BrN2O5. The number of anilines is 1. The number of benzene rings is 3. The van der Waals surface area contributed by atoms with Gasteiger partial charge in [0.25, 0.3) is 11.8 Å². The largest absolute Gasteiger partial charge is 0.494 e. The number of hydrogen-bond acceptors (Lipinski definition) is 5. The lowest BCUT2D eigenvalue weighted by Crippen LogP contribution is -2.54. The molecule has 3 aromatic rings. The first kappa shape index (κ1) is 25.2. The van der Waals surface area contributed by atoms with Gasteiger partial charge < -0.3 is 9.47 Å². The molecule has 4 rings (SSSR count). The number of ether oxygens (including phenoxy) is 2. The molecular weight excluding hydrogens is 524 g/mol. The third kappa shape index (κ3) is 5.49. The molecule has 0 aromatic heterocycles. The van der Waals surface area contributed by atoms with Gasteiger partial charge in [0, 0.05) is 0 Å². The molecule has 0 saturated carbocycles. The summed E-state index contributed by atoms with van der Waals surface area (Å²) >= 11 is 3.50. The van der Waals surface area contributed by atoms with E-state index in [1.165, 1.54) is 17.2 Å². The number of barbiturate groups is 1. The van der Waals surface area contributed by atoms with Crippen LogP contribution in [0.1, 0.15) is 29.2 Å². The summed E-state index contributed by atoms with van der Waals surface area (Å²) in [4.78, 5) is 39.0. The molecule has 0 spiro atoms. The van der Waals surface area contributed by atoms with Gasteiger partial charge in [-0.15, -0.1) is 0 Å². The van der Waals surface area contributed by atoms with Crippen LogP contribution in [-0.2, 0) is 16.2 Å². The number of hydrogen-bond donors (Lipinski definition) is 1. The van der Waals surface area contributed by atoms with Crippen molar-refractivity contribution in [3.8, 4) is 11.5 Å². The van der Waals surface area contributed by atoms with Crippen molar-refractivity contribution in [2.75, 3.05) is 11.5 Å². The zero-order valence-electron chi connectivity index (χ0n) is 20.1. The van der Waals surface area contributed by atoms with E-state index in [2.05, 4.69) is 47.2 Å². The number of nitrogens with zero attached hydrogens (tertiary/aromatic N) is 1. The first-order valence-electron chi connectivity index (χ1n) is 11.4. The minimum Gasteiger partial charge on any atom is -0.494 e. The fourth-order valence-electron chi connectivity index (χ4n) is 3.70. The van der Waals surface area contributed by atoms with Crippen LogP contribution in [-0.4, -0.2) is 24.5 Å². The molecule has 0 atom stereocenters. The lowest BCUT2D eigenvalue weighted by atomic mass is 10.1. The summed E-state index contributed by atoms with van der Waals surface area (Å²) in [5.41, 5.74) is 4.25. The second-order valence-corrected chi connectivity index (χ2v) is 9.14. The number of urea groups is 1. The number of amides is 4. The number of nitrogens with one attached hydrogen (secondary N) is 1. The lowest BCUT2D eigenvalue weighted by molar-refractivity contribution is -0.122. The Bertz CT molecular complexity index is 1360. The van der Waals surface area contributed by atoms with Gasteiger partial charge in [-0.2, -0.15) is 0 Å². The van der Waals surface area contributed by atoms with E-state index in [4.69, 9.17) is 9.47 Å². The van der Waals surface area contributed by atoms with Crippen molar-refractivity contribution in [3.63, 3.8) is 0 Å². The van der Waals surface area contributed by atoms with E-state index in [0.717, 1.165) is 10.5 Å². The second-order valence-electron chi connectivity index (χ2n) is 8.28. The van der Waals surface area contributed by atoms with Gasteiger partial charge in [-0.25, -0.2) is 9.69 Å². The van der Waals surface area contributed by atoms with E-state index in [-0.39, 0.29) is 5.57 Å². The first-order chi connectivity index (χ1) is 17.3. The predicted octanol–water partition coefficient (Wildman–Crippen LogP) is 5.71. The fourth-order valence-corrected chi connectivity index (χ4v) is 4.21. The summed E-state index contributed by atoms with van der Waals surface area (Å²) in [5.74, 6) is -0.221. The average Bonchev–Trinajstić information content (AvgIpc) is 2.84. The van der Waals surface area contributed by atoms with Crippen molar-refractivity contribution in [3.05, 3.63) is 93.0 Å². The molecule has 1 saturated heterocycles. The SMILES string of the molecule is CCOc1ccc(N2C(=O)NC(=O)/C(=C\c3ccc(OCc4ccc(C)c(C)c4)c(Br)c3)C2=O)cc1. The van der Waals surface area contributed by atoms with Crippen molar-refractivity contribution in [1.29, 1.82) is 0 Å². The molecule has 1 heterocycles. The van der Waals surface area contributed by atoms with Crippen LogP contribution in [0.5, 0.6) is 11.5 Å². The zero-order valence-corrected chi connectivity index (χ0v) is 21.7. The van der Waals surface area contributed by atoms with Gasteiger partial charge in [0.2, 0.25) is 0 Å². The molecule has 7 nitrogen and oxygen atoms in total. The Kier molecular flexibility index (Phi) is 7.55. The standard InChI is InChI=1S/C28H25BrN2O5/c1-4-35-22-10-8-21(9-11-22)31-27(33)23(26(32)30-28(31)34)14-19-7-12-25(24(29)15-19)36-16-20-6-5-17(2)18(3)13-20/h5-15H,4,16H2,1-3H3,(H,30,32,34)/b23-14+. The van der Waals surface area contributed by atoms with Crippen molar-refractivity contribution in [2.24, 2.45) is 0 Å². The Morgan fingerprint density at radius 1 is 0.917 bits per heavy atom. The van der Waals surface area contributed by atoms with Gasteiger partial charge >= 0.3 is 6.03 Å². The van der Waals surface area contributed by atoms with Crippen molar-refractivity contribution in [2.45, 2.75) is 27.4 Å². The van der Waals surface area contributed by atoms with Crippen LogP contribution >= 0.6 is 15.9 Å². The van der Waals surface area contributed by atoms with Crippen LogP contribution in [0.2, 0.25) is 0 Å². The summed E-state index contributed by atoms with van der Waals surface area (Å²) in [6.07, 6.45) is 1.45. The maximum atomic E-state index is 13.1. The smallest absolute Gasteiger partial charge is 0.335 e. The quantitative estimate of drug-likeness (QED) is 0.302. The van der Waals surface area contributed by atoms with Crippen LogP contribution in [0.3, 0.4) is 0 Å². The van der Waals surface area contributed by atoms with Crippen molar-refractivity contribution in [1.82, 2.24) is 5.32 Å². The highest BCUT2D eigenvalue weighted by Gasteiger charge is 2.36. The number of rotatable bonds is 7. The molecule has 184 valence electrons. The van der Waals surface area contributed by atoms with Gasteiger partial charge in [-0.3, -0.25) is 14.9 Å². The molecule has 36 heavy (non-hydrogen) atoms. The molecule has 0 radical (unpaired) electrons. The average molecular weight is 549 g/mol. The molecule has 1 aliphatic heterocycles. The number of halogens is 1. The molecule has 1 N–H and O–H groups in total. The maximum Gasteiger partial charge on any atom is 0.335 e. The van der Waals surface area contributed by atoms with E-state index >= 15 is 0 Å². The van der Waals surface area contributed by atoms with Gasteiger partial charge in [0.15, 0.2) is 0 Å². The van der Waals surface area contributed by atoms with Gasteiger partial charge in [-0.1, -0.05) is 24.3 Å². The number of imide groups is 2. The minimum absolute atomic E-state index is 0.154. The van der Waals surface area contributed by atoms with E-state index in [9.17, 15) is 14.4 Å². The molecule has 8 heteroatoms. The normalized spacial score (nSPS) is 14.7. The summed E-state index contributed by atoms with van der Waals surface area (Å²) in [6, 6.07) is 17.1. The van der Waals surface area contributed by atoms with E-state index < -0.39 is 17.8 Å². The third-order valence-corrected chi connectivity index (χ3v) is 6.36. The highest BCUT2D eigenvalue weighted by molar-refractivity contribution is 9.10. The van der Waals surface area contributed by atoms with E-state index in [1.807, 2.05) is 13.0 Å². The number of carbonyl (C=O) groups excluding carboxylic acids is 3. The van der Waals surface area contributed by atoms with Crippen LogP contribution in [0.4, 0.5) is 10.5 Å². The summed E-state index contributed by atoms with van der Waals surface area (Å²) < 4.78 is 12.0. The second kappa shape index (κ2) is 10.8. The molecule has 1 fully saturated rings. The minimum atomic E-state index is -0.803. The number of carbonyl (C=O) groups is 3. The Morgan fingerprint density at radius 3 is 2.33 bits per heavy atom. The Balaban J connectivity index is 1.53. The molecule has 3 aromatic carbocycles. The molecule has 0 unspecified atom stereocenters. The first-order valence-corrected chi connectivity index (χ1v) is 12.2. The van der Waals surface area contributed by atoms with Crippen molar-refractivity contribution < 1.29 is 23.9 Å². The monoisotopic (exact) mass is 548 g/mol. The van der Waals surface area contributed by atoms with Crippen LogP contribution < -0.4 is 19.7 Å². The number of aryl methyl sites for hydroxylation is 2. The van der Waals surface area contributed by atoms with Crippen LogP contribution in [0.15, 0.2) is 70.7 Å². The molecule has 1 aliphatic rings. The Hall–Kier alpha value is -3.91. The van der Waals surface area contributed by atoms with Gasteiger partial charge in [0.1, 0.15) is 23.7 Å². The highest BCUT2D eigenvalue weighted by Crippen LogP contribution is 2.29. The molecule has 0 aliphatic carbocycles. The zero-order chi connectivity index (χ0) is 25.8. The fraction of sp³-hybridized carbons (Fsp3) is 0.179. The van der Waals surface area contributed by atoms with Crippen LogP contribution in [0.25, 0.3) is 6.08 Å². The summed E-state index contributed by atoms with van der Waals surface area (Å²) in [5, 5.41) is 2.23. The summed E-state index contributed by atoms with van der Waals surface area (Å²) in [6.45, 7) is 6.88. The van der Waals surface area contributed by atoms with Gasteiger partial charge in [-0.05, 0) is 101 Å². The molecule has 0 bridgehead atoms. The Morgan fingerprint density at radius 2 is 1.67 bits per heavy atom.